The highest BCUT2D eigenvalue weighted by atomic mass is 19.1. The molecule has 0 saturated carbocycles. The number of likely N-dealkylation sites (tertiary alicyclic amines) is 1. The molecule has 0 aliphatic carbocycles. The lowest BCUT2D eigenvalue weighted by Crippen LogP contribution is -2.53. The van der Waals surface area contributed by atoms with Gasteiger partial charge >= 0.3 is 6.03 Å². The first-order chi connectivity index (χ1) is 10.6. The van der Waals surface area contributed by atoms with E-state index in [9.17, 15) is 9.18 Å². The summed E-state index contributed by atoms with van der Waals surface area (Å²) in [7, 11) is 2.08. The highest BCUT2D eigenvalue weighted by Gasteiger charge is 2.32. The van der Waals surface area contributed by atoms with Crippen molar-refractivity contribution in [2.45, 2.75) is 25.3 Å². The number of likely N-dealkylation sites (N-methyl/N-ethyl adjacent to an activating group) is 1. The smallest absolute Gasteiger partial charge is 0.320 e. The van der Waals surface area contributed by atoms with Gasteiger partial charge in [-0.05, 0) is 44.0 Å². The van der Waals surface area contributed by atoms with Crippen molar-refractivity contribution in [2.75, 3.05) is 39.8 Å². The fraction of sp³-hybridized carbons (Fsp3) is 0.588. The van der Waals surface area contributed by atoms with Gasteiger partial charge in [0.25, 0.3) is 0 Å². The summed E-state index contributed by atoms with van der Waals surface area (Å²) in [5.41, 5.74) is 0.919. The van der Waals surface area contributed by atoms with Gasteiger partial charge in [0.2, 0.25) is 0 Å². The summed E-state index contributed by atoms with van der Waals surface area (Å²) < 4.78 is 13.5. The quantitative estimate of drug-likeness (QED) is 0.797. The van der Waals surface area contributed by atoms with E-state index in [-0.39, 0.29) is 17.9 Å². The van der Waals surface area contributed by atoms with Crippen LogP contribution in [0.1, 0.15) is 30.9 Å². The summed E-state index contributed by atoms with van der Waals surface area (Å²) in [5, 5.41) is 0. The van der Waals surface area contributed by atoms with Gasteiger partial charge in [0.15, 0.2) is 0 Å². The maximum absolute atomic E-state index is 13.5. The van der Waals surface area contributed by atoms with E-state index in [0.29, 0.717) is 0 Å². The summed E-state index contributed by atoms with van der Waals surface area (Å²) in [6, 6.07) is 6.82. The number of benzene rings is 1. The molecule has 22 heavy (non-hydrogen) atoms. The van der Waals surface area contributed by atoms with Crippen molar-refractivity contribution in [2.24, 2.45) is 0 Å². The molecule has 0 aromatic heterocycles. The standard InChI is InChI=1S/C17H24FN3O/c1-19-9-11-20(12-10-19)17(22)21-8-3-2-7-16(21)14-5-4-6-15(18)13-14/h4-6,13,16H,2-3,7-12H2,1H3/t16-/m0/s1. The van der Waals surface area contributed by atoms with Crippen LogP contribution in [-0.2, 0) is 0 Å². The molecule has 0 N–H and O–H groups in total. The Morgan fingerprint density at radius 1 is 1.14 bits per heavy atom. The molecule has 0 spiro atoms. The van der Waals surface area contributed by atoms with E-state index in [1.807, 2.05) is 15.9 Å². The van der Waals surface area contributed by atoms with Crippen LogP contribution in [-0.4, -0.2) is 60.5 Å². The first-order valence-electron chi connectivity index (χ1n) is 8.15. The van der Waals surface area contributed by atoms with Crippen LogP contribution in [0.2, 0.25) is 0 Å². The number of carbonyl (C=O) groups is 1. The number of piperazine rings is 1. The van der Waals surface area contributed by atoms with Gasteiger partial charge in [-0.25, -0.2) is 9.18 Å². The van der Waals surface area contributed by atoms with Crippen molar-refractivity contribution in [3.05, 3.63) is 35.6 Å². The normalized spacial score (nSPS) is 23.6. The first-order valence-corrected chi connectivity index (χ1v) is 8.15. The van der Waals surface area contributed by atoms with Crippen LogP contribution in [0.15, 0.2) is 24.3 Å². The van der Waals surface area contributed by atoms with Crippen LogP contribution in [0, 0.1) is 5.82 Å². The zero-order chi connectivity index (χ0) is 15.5. The number of halogens is 1. The van der Waals surface area contributed by atoms with Gasteiger partial charge in [0, 0.05) is 32.7 Å². The lowest BCUT2D eigenvalue weighted by Gasteiger charge is -2.41. The predicted molar refractivity (Wildman–Crippen MR) is 84.2 cm³/mol. The Hall–Kier alpha value is -1.62. The zero-order valence-electron chi connectivity index (χ0n) is 13.2. The summed E-state index contributed by atoms with van der Waals surface area (Å²) in [4.78, 5) is 19.0. The molecule has 2 amide bonds. The van der Waals surface area contributed by atoms with Crippen molar-refractivity contribution in [1.82, 2.24) is 14.7 Å². The van der Waals surface area contributed by atoms with E-state index in [0.717, 1.165) is 57.5 Å². The Bertz CT molecular complexity index is 528. The molecular weight excluding hydrogens is 281 g/mol. The molecule has 4 nitrogen and oxygen atoms in total. The first kappa shape index (κ1) is 15.3. The Kier molecular flexibility index (Phi) is 4.62. The maximum atomic E-state index is 13.5. The van der Waals surface area contributed by atoms with Crippen molar-refractivity contribution in [1.29, 1.82) is 0 Å². The van der Waals surface area contributed by atoms with Gasteiger partial charge in [0.1, 0.15) is 5.82 Å². The minimum atomic E-state index is -0.227. The van der Waals surface area contributed by atoms with E-state index >= 15 is 0 Å². The van der Waals surface area contributed by atoms with Gasteiger partial charge in [-0.3, -0.25) is 0 Å². The molecule has 5 heteroatoms. The second-order valence-corrected chi connectivity index (χ2v) is 6.33. The highest BCUT2D eigenvalue weighted by molar-refractivity contribution is 5.75. The third kappa shape index (κ3) is 3.24. The second-order valence-electron chi connectivity index (χ2n) is 6.33. The fourth-order valence-corrected chi connectivity index (χ4v) is 3.40. The average Bonchev–Trinajstić information content (AvgIpc) is 2.55. The fourth-order valence-electron chi connectivity index (χ4n) is 3.40. The summed E-state index contributed by atoms with van der Waals surface area (Å²) in [6.07, 6.45) is 3.04. The number of amides is 2. The number of nitrogens with zero attached hydrogens (tertiary/aromatic N) is 3. The van der Waals surface area contributed by atoms with Gasteiger partial charge < -0.3 is 14.7 Å². The SMILES string of the molecule is CN1CCN(C(=O)N2CCCC[C@H]2c2cccc(F)c2)CC1. The number of rotatable bonds is 1. The molecule has 2 aliphatic rings. The lowest BCUT2D eigenvalue weighted by molar-refractivity contribution is 0.0949. The molecule has 3 rings (SSSR count). The molecule has 1 aromatic carbocycles. The number of hydrogen-bond acceptors (Lipinski definition) is 2. The molecule has 0 unspecified atom stereocenters. The van der Waals surface area contributed by atoms with Crippen LogP contribution in [0.4, 0.5) is 9.18 Å². The summed E-state index contributed by atoms with van der Waals surface area (Å²) in [6.45, 7) is 4.17. The summed E-state index contributed by atoms with van der Waals surface area (Å²) >= 11 is 0. The zero-order valence-corrected chi connectivity index (χ0v) is 13.2. The summed E-state index contributed by atoms with van der Waals surface area (Å²) in [5.74, 6) is -0.227. The number of carbonyl (C=O) groups excluding carboxylic acids is 1. The Labute approximate surface area is 131 Å². The van der Waals surface area contributed by atoms with Crippen molar-refractivity contribution in [3.8, 4) is 0 Å². The van der Waals surface area contributed by atoms with Crippen molar-refractivity contribution < 1.29 is 9.18 Å². The van der Waals surface area contributed by atoms with Crippen LogP contribution in [0.5, 0.6) is 0 Å². The number of hydrogen-bond donors (Lipinski definition) is 0. The van der Waals surface area contributed by atoms with Crippen LogP contribution in [0.3, 0.4) is 0 Å². The molecule has 2 heterocycles. The predicted octanol–water partition coefficient (Wildman–Crippen LogP) is 2.72. The van der Waals surface area contributed by atoms with Gasteiger partial charge in [-0.2, -0.15) is 0 Å². The molecule has 120 valence electrons. The van der Waals surface area contributed by atoms with Crippen molar-refractivity contribution >= 4 is 6.03 Å². The minimum Gasteiger partial charge on any atom is -0.322 e. The lowest BCUT2D eigenvalue weighted by atomic mass is 9.95. The maximum Gasteiger partial charge on any atom is 0.320 e. The molecule has 2 fully saturated rings. The topological polar surface area (TPSA) is 26.8 Å². The third-order valence-electron chi connectivity index (χ3n) is 4.76. The Morgan fingerprint density at radius 2 is 1.91 bits per heavy atom. The number of piperidine rings is 1. The van der Waals surface area contributed by atoms with E-state index in [2.05, 4.69) is 11.9 Å². The van der Waals surface area contributed by atoms with Crippen LogP contribution < -0.4 is 0 Å². The second kappa shape index (κ2) is 6.65. The minimum absolute atomic E-state index is 0.0107. The van der Waals surface area contributed by atoms with Crippen LogP contribution >= 0.6 is 0 Å². The molecular formula is C17H24FN3O. The highest BCUT2D eigenvalue weighted by Crippen LogP contribution is 2.32. The van der Waals surface area contributed by atoms with Gasteiger partial charge in [-0.1, -0.05) is 12.1 Å². The Balaban J connectivity index is 1.76. The van der Waals surface area contributed by atoms with E-state index in [1.165, 1.54) is 6.07 Å². The molecule has 2 saturated heterocycles. The van der Waals surface area contributed by atoms with Gasteiger partial charge in [-0.15, -0.1) is 0 Å². The monoisotopic (exact) mass is 305 g/mol. The van der Waals surface area contributed by atoms with E-state index < -0.39 is 0 Å². The molecule has 0 bridgehead atoms. The molecule has 2 aliphatic heterocycles. The van der Waals surface area contributed by atoms with Crippen LogP contribution in [0.25, 0.3) is 0 Å². The Morgan fingerprint density at radius 3 is 2.64 bits per heavy atom. The number of urea groups is 1. The van der Waals surface area contributed by atoms with E-state index in [1.54, 1.807) is 12.1 Å². The molecule has 1 atom stereocenters. The third-order valence-corrected chi connectivity index (χ3v) is 4.76. The largest absolute Gasteiger partial charge is 0.322 e. The van der Waals surface area contributed by atoms with Gasteiger partial charge in [0.05, 0.1) is 6.04 Å². The average molecular weight is 305 g/mol. The molecule has 1 aromatic rings. The molecule has 0 radical (unpaired) electrons. The van der Waals surface area contributed by atoms with E-state index in [4.69, 9.17) is 0 Å². The van der Waals surface area contributed by atoms with Crippen molar-refractivity contribution in [3.63, 3.8) is 0 Å².